The summed E-state index contributed by atoms with van der Waals surface area (Å²) in [6.07, 6.45) is -4.02. The fraction of sp³-hybridized carbons (Fsp3) is 0.444. The number of fused-ring (bicyclic) bond motifs is 1. The van der Waals surface area contributed by atoms with Crippen LogP contribution in [0.15, 0.2) is 54.6 Å². The molecule has 2 N–H and O–H groups in total. The van der Waals surface area contributed by atoms with E-state index in [2.05, 4.69) is 0 Å². The molecule has 2 fully saturated rings. The summed E-state index contributed by atoms with van der Waals surface area (Å²) in [5, 5.41) is 0. The predicted molar refractivity (Wildman–Crippen MR) is 132 cm³/mol. The standard InChI is InChI=1S/C27H31F3N4O4/c28-27(29,30)21-11-9-20(10-12-21)18-38-26(37)33-15-13-24(35)34-22(8-4-5-14-31)25(36)32(17-23(33)34)16-19-6-2-1-3-7-19/h1-3,6-7,9-12,22-23H,4-5,8,13-18,31H2/t22?,23-/m1/s1. The molecule has 2 saturated heterocycles. The second-order valence-corrected chi connectivity index (χ2v) is 9.48. The number of unbranched alkanes of at least 4 members (excludes halogenated alkanes) is 1. The average molecular weight is 533 g/mol. The molecule has 38 heavy (non-hydrogen) atoms. The van der Waals surface area contributed by atoms with E-state index in [9.17, 15) is 27.6 Å². The van der Waals surface area contributed by atoms with Gasteiger partial charge in [-0.15, -0.1) is 0 Å². The highest BCUT2D eigenvalue weighted by molar-refractivity contribution is 5.90. The summed E-state index contributed by atoms with van der Waals surface area (Å²) < 4.78 is 43.9. The van der Waals surface area contributed by atoms with Crippen LogP contribution in [0.4, 0.5) is 18.0 Å². The lowest BCUT2D eigenvalue weighted by Crippen LogP contribution is -2.71. The first kappa shape index (κ1) is 27.4. The van der Waals surface area contributed by atoms with Crippen molar-refractivity contribution in [3.8, 4) is 0 Å². The monoisotopic (exact) mass is 532 g/mol. The average Bonchev–Trinajstić information content (AvgIpc) is 2.90. The maximum absolute atomic E-state index is 13.5. The number of alkyl halides is 3. The summed E-state index contributed by atoms with van der Waals surface area (Å²) in [4.78, 5) is 44.2. The number of carbonyl (C=O) groups is 3. The number of hydrogen-bond acceptors (Lipinski definition) is 5. The zero-order valence-electron chi connectivity index (χ0n) is 20.9. The van der Waals surface area contributed by atoms with Crippen LogP contribution in [0.5, 0.6) is 0 Å². The van der Waals surface area contributed by atoms with Crippen molar-refractivity contribution >= 4 is 17.9 Å². The molecular weight excluding hydrogens is 501 g/mol. The molecule has 2 atom stereocenters. The van der Waals surface area contributed by atoms with Crippen molar-refractivity contribution in [1.82, 2.24) is 14.7 Å². The predicted octanol–water partition coefficient (Wildman–Crippen LogP) is 3.74. The van der Waals surface area contributed by atoms with E-state index in [1.54, 1.807) is 4.90 Å². The molecule has 2 aliphatic heterocycles. The van der Waals surface area contributed by atoms with Crippen LogP contribution >= 0.6 is 0 Å². The number of hydrogen-bond donors (Lipinski definition) is 1. The molecule has 3 amide bonds. The first-order valence-electron chi connectivity index (χ1n) is 12.6. The van der Waals surface area contributed by atoms with Crippen molar-refractivity contribution in [1.29, 1.82) is 0 Å². The lowest BCUT2D eigenvalue weighted by Gasteiger charge is -2.52. The SMILES string of the molecule is NCCCCC1C(=O)N(Cc2ccccc2)C[C@@H]2N(C(=O)OCc3ccc(C(F)(F)F)cc3)CCC(=O)N12. The van der Waals surface area contributed by atoms with E-state index in [0.717, 1.165) is 17.7 Å². The molecule has 11 heteroatoms. The number of rotatable bonds is 8. The first-order valence-corrected chi connectivity index (χ1v) is 12.6. The molecule has 2 aromatic rings. The molecule has 0 radical (unpaired) electrons. The number of carbonyl (C=O) groups excluding carboxylic acids is 3. The third kappa shape index (κ3) is 6.27. The molecule has 1 unspecified atom stereocenters. The van der Waals surface area contributed by atoms with Gasteiger partial charge >= 0.3 is 12.3 Å². The zero-order chi connectivity index (χ0) is 27.3. The van der Waals surface area contributed by atoms with Gasteiger partial charge in [0.25, 0.3) is 0 Å². The van der Waals surface area contributed by atoms with Gasteiger partial charge in [-0.3, -0.25) is 14.5 Å². The van der Waals surface area contributed by atoms with Crippen molar-refractivity contribution < 1.29 is 32.3 Å². The number of piperazine rings is 1. The largest absolute Gasteiger partial charge is 0.444 e. The van der Waals surface area contributed by atoms with Gasteiger partial charge in [0.2, 0.25) is 11.8 Å². The maximum Gasteiger partial charge on any atom is 0.416 e. The Bertz CT molecular complexity index is 1130. The van der Waals surface area contributed by atoms with Gasteiger partial charge in [-0.2, -0.15) is 13.2 Å². The Morgan fingerprint density at radius 3 is 2.37 bits per heavy atom. The smallest absolute Gasteiger partial charge is 0.416 e. The molecule has 2 heterocycles. The van der Waals surface area contributed by atoms with E-state index in [4.69, 9.17) is 10.5 Å². The second-order valence-electron chi connectivity index (χ2n) is 9.48. The number of nitrogens with zero attached hydrogens (tertiary/aromatic N) is 3. The van der Waals surface area contributed by atoms with Crippen molar-refractivity contribution in [3.63, 3.8) is 0 Å². The molecule has 0 saturated carbocycles. The highest BCUT2D eigenvalue weighted by Gasteiger charge is 2.48. The first-order chi connectivity index (χ1) is 18.2. The van der Waals surface area contributed by atoms with Crippen molar-refractivity contribution in [2.45, 2.75) is 57.2 Å². The molecule has 204 valence electrons. The summed E-state index contributed by atoms with van der Waals surface area (Å²) in [7, 11) is 0. The Kier molecular flexibility index (Phi) is 8.55. The van der Waals surface area contributed by atoms with Crippen molar-refractivity contribution in [2.75, 3.05) is 19.6 Å². The molecule has 2 aromatic carbocycles. The number of nitrogens with two attached hydrogens (primary N) is 1. The van der Waals surface area contributed by atoms with Gasteiger partial charge in [0, 0.05) is 19.5 Å². The van der Waals surface area contributed by atoms with Crippen molar-refractivity contribution in [3.05, 3.63) is 71.3 Å². The molecular formula is C27H31F3N4O4. The lowest BCUT2D eigenvalue weighted by atomic mass is 9.98. The van der Waals surface area contributed by atoms with E-state index >= 15 is 0 Å². The third-order valence-electron chi connectivity index (χ3n) is 6.88. The van der Waals surface area contributed by atoms with Gasteiger partial charge in [0.1, 0.15) is 18.8 Å². The van der Waals surface area contributed by atoms with E-state index in [-0.39, 0.29) is 37.9 Å². The van der Waals surface area contributed by atoms with Crippen LogP contribution in [0, 0.1) is 0 Å². The zero-order valence-corrected chi connectivity index (χ0v) is 20.9. The second kappa shape index (κ2) is 11.8. The summed E-state index contributed by atoms with van der Waals surface area (Å²) in [5.41, 5.74) is 6.18. The molecule has 0 bridgehead atoms. The topological polar surface area (TPSA) is 96.2 Å². The Hall–Kier alpha value is -3.60. The van der Waals surface area contributed by atoms with Gasteiger partial charge in [0.05, 0.1) is 12.1 Å². The number of amides is 3. The Balaban J connectivity index is 1.51. The van der Waals surface area contributed by atoms with Crippen LogP contribution in [-0.4, -0.2) is 64.4 Å². The molecule has 4 rings (SSSR count). The van der Waals surface area contributed by atoms with Crippen LogP contribution in [0.25, 0.3) is 0 Å². The minimum atomic E-state index is -4.45. The minimum absolute atomic E-state index is 0.0469. The number of halogens is 3. The minimum Gasteiger partial charge on any atom is -0.444 e. The van der Waals surface area contributed by atoms with E-state index in [1.165, 1.54) is 21.9 Å². The Labute approximate surface area is 219 Å². The van der Waals surface area contributed by atoms with Gasteiger partial charge < -0.3 is 20.3 Å². The summed E-state index contributed by atoms with van der Waals surface area (Å²) in [6.45, 7) is 0.826. The van der Waals surface area contributed by atoms with Gasteiger partial charge in [-0.05, 0) is 49.1 Å². The fourth-order valence-corrected chi connectivity index (χ4v) is 4.92. The molecule has 0 spiro atoms. The molecule has 8 nitrogen and oxygen atoms in total. The van der Waals surface area contributed by atoms with E-state index < -0.39 is 30.0 Å². The molecule has 0 aromatic heterocycles. The normalized spacial score (nSPS) is 19.9. The number of ether oxygens (including phenoxy) is 1. The Morgan fingerprint density at radius 2 is 1.71 bits per heavy atom. The maximum atomic E-state index is 13.5. The molecule has 2 aliphatic rings. The lowest BCUT2D eigenvalue weighted by molar-refractivity contribution is -0.169. The highest BCUT2D eigenvalue weighted by atomic mass is 19.4. The van der Waals surface area contributed by atoms with Gasteiger partial charge in [-0.1, -0.05) is 42.5 Å². The van der Waals surface area contributed by atoms with E-state index in [1.807, 2.05) is 30.3 Å². The van der Waals surface area contributed by atoms with Crippen LogP contribution in [-0.2, 0) is 33.7 Å². The quantitative estimate of drug-likeness (QED) is 0.523. The van der Waals surface area contributed by atoms with Gasteiger partial charge in [-0.25, -0.2) is 4.79 Å². The summed E-state index contributed by atoms with van der Waals surface area (Å²) in [6, 6.07) is 13.1. The van der Waals surface area contributed by atoms with Crippen LogP contribution in [0.3, 0.4) is 0 Å². The third-order valence-corrected chi connectivity index (χ3v) is 6.88. The molecule has 0 aliphatic carbocycles. The van der Waals surface area contributed by atoms with Crippen molar-refractivity contribution in [2.24, 2.45) is 5.73 Å². The number of benzene rings is 2. The van der Waals surface area contributed by atoms with Crippen LogP contribution < -0.4 is 5.73 Å². The Morgan fingerprint density at radius 1 is 1.00 bits per heavy atom. The summed E-state index contributed by atoms with van der Waals surface area (Å²) in [5.74, 6) is -0.373. The van der Waals surface area contributed by atoms with Gasteiger partial charge in [0.15, 0.2) is 0 Å². The highest BCUT2D eigenvalue weighted by Crippen LogP contribution is 2.31. The van der Waals surface area contributed by atoms with Crippen LogP contribution in [0.2, 0.25) is 0 Å². The van der Waals surface area contributed by atoms with E-state index in [0.29, 0.717) is 37.9 Å². The summed E-state index contributed by atoms with van der Waals surface area (Å²) >= 11 is 0. The van der Waals surface area contributed by atoms with Crippen LogP contribution in [0.1, 0.15) is 42.4 Å². The fourth-order valence-electron chi connectivity index (χ4n) is 4.92.